The Morgan fingerprint density at radius 2 is 0.695 bits per heavy atom. The van der Waals surface area contributed by atoms with Crippen molar-refractivity contribution in [2.24, 2.45) is 0 Å². The lowest BCUT2D eigenvalue weighted by Gasteiger charge is -1.97. The Morgan fingerprint density at radius 3 is 0.969 bits per heavy atom. The molecule has 0 aromatic carbocycles. The molecule has 4 aliphatic carbocycles. The van der Waals surface area contributed by atoms with Crippen molar-refractivity contribution in [1.29, 1.82) is 0 Å². The van der Waals surface area contributed by atoms with Gasteiger partial charge in [-0.05, 0) is 265 Å². The monoisotopic (exact) mass is 1790 g/mol. The van der Waals surface area contributed by atoms with Gasteiger partial charge in [-0.3, -0.25) is 0 Å². The molecule has 14 aromatic heterocycles. The maximum Gasteiger partial charge on any atom is 0.177 e. The third-order valence-electron chi connectivity index (χ3n) is 22.5. The topological polar surface area (TPSA) is 324 Å². The summed E-state index contributed by atoms with van der Waals surface area (Å²) in [4.78, 5) is 65.5. The van der Waals surface area contributed by atoms with Crippen LogP contribution in [0.25, 0.3) is 0 Å². The first kappa shape index (κ1) is 109. The van der Waals surface area contributed by atoms with Crippen LogP contribution in [0.5, 0.6) is 0 Å². The fourth-order valence-corrected chi connectivity index (χ4v) is 12.9. The molecule has 4 aliphatic rings. The van der Waals surface area contributed by atoms with E-state index in [0.717, 1.165) is 81.3 Å². The van der Waals surface area contributed by atoms with Gasteiger partial charge < -0.3 is 64.2 Å². The first-order valence-corrected chi connectivity index (χ1v) is 48.8. The van der Waals surface area contributed by atoms with Gasteiger partial charge in [-0.15, -0.1) is 10.2 Å². The van der Waals surface area contributed by atoms with Gasteiger partial charge in [0, 0.05) is 178 Å². The number of rotatable bonds is 19. The number of aromatic nitrogens is 22. The van der Waals surface area contributed by atoms with Crippen LogP contribution in [0.3, 0.4) is 0 Å². The number of nitrogens with one attached hydrogen (secondary N) is 12. The number of nitrogens with zero attached hydrogens (tertiary/aromatic N) is 10. The lowest BCUT2D eigenvalue weighted by molar-refractivity contribution is 0.451. The van der Waals surface area contributed by atoms with Crippen LogP contribution in [0.4, 0.5) is 0 Å². The first-order valence-electron chi connectivity index (χ1n) is 48.8. The average molecular weight is 1790 g/mol. The van der Waals surface area contributed by atoms with Crippen molar-refractivity contribution < 1.29 is 4.42 Å². The summed E-state index contributed by atoms with van der Waals surface area (Å²) >= 11 is 0. The summed E-state index contributed by atoms with van der Waals surface area (Å²) < 4.78 is 5.31. The molecule has 0 aliphatic heterocycles. The van der Waals surface area contributed by atoms with Gasteiger partial charge in [-0.1, -0.05) is 180 Å². The van der Waals surface area contributed by atoms with Crippen LogP contribution < -0.4 is 0 Å². The zero-order chi connectivity index (χ0) is 97.0. The van der Waals surface area contributed by atoms with E-state index in [4.69, 9.17) is 4.42 Å². The second-order valence-electron chi connectivity index (χ2n) is 40.3. The van der Waals surface area contributed by atoms with Crippen LogP contribution in [-0.4, -0.2) is 110 Å². The lowest BCUT2D eigenvalue weighted by atomic mass is 10.1. The van der Waals surface area contributed by atoms with Gasteiger partial charge in [-0.25, -0.2) is 29.9 Å². The van der Waals surface area contributed by atoms with E-state index >= 15 is 0 Å². The van der Waals surface area contributed by atoms with Crippen molar-refractivity contribution in [2.45, 2.75) is 401 Å². The van der Waals surface area contributed by atoms with Crippen LogP contribution in [0, 0.1) is 62.3 Å². The number of hydrogen-bond donors (Lipinski definition) is 12. The fraction of sp³-hybridized carbons (Fsp3) is 0.565. The van der Waals surface area contributed by atoms with Crippen molar-refractivity contribution in [2.75, 3.05) is 0 Å². The van der Waals surface area contributed by atoms with Gasteiger partial charge in [-0.2, -0.15) is 4.80 Å². The number of aryl methyl sites for hydroxylation is 9. The largest absolute Gasteiger partial charge is 0.467 e. The predicted molar refractivity (Wildman–Crippen MR) is 546 cm³/mol. The molecule has 14 heterocycles. The summed E-state index contributed by atoms with van der Waals surface area (Å²) in [6.45, 7) is 75.1. The third-order valence-corrected chi connectivity index (χ3v) is 22.5. The van der Waals surface area contributed by atoms with E-state index in [-0.39, 0.29) is 0 Å². The van der Waals surface area contributed by atoms with Gasteiger partial charge >= 0.3 is 0 Å². The van der Waals surface area contributed by atoms with Gasteiger partial charge in [0.25, 0.3) is 0 Å². The van der Waals surface area contributed by atoms with E-state index in [2.05, 4.69) is 360 Å². The molecule has 0 atom stereocenters. The summed E-state index contributed by atoms with van der Waals surface area (Å²) in [7, 11) is 0. The van der Waals surface area contributed by atoms with Gasteiger partial charge in [0.15, 0.2) is 5.82 Å². The van der Waals surface area contributed by atoms with E-state index < -0.39 is 0 Å². The van der Waals surface area contributed by atoms with Crippen LogP contribution >= 0.6 is 0 Å². The van der Waals surface area contributed by atoms with Crippen LogP contribution in [0.2, 0.25) is 0 Å². The van der Waals surface area contributed by atoms with Gasteiger partial charge in [0.2, 0.25) is 0 Å². The van der Waals surface area contributed by atoms with Crippen LogP contribution in [-0.2, 0) is 6.54 Å². The number of imidazole rings is 6. The van der Waals surface area contributed by atoms with Crippen LogP contribution in [0.1, 0.15) is 486 Å². The zero-order valence-corrected chi connectivity index (χ0v) is 87.1. The van der Waals surface area contributed by atoms with E-state index in [0.29, 0.717) is 83.5 Å². The normalized spacial score (nSPS) is 13.1. The molecular weight excluding hydrogens is 1620 g/mol. The molecule has 23 nitrogen and oxygen atoms in total. The molecule has 720 valence electrons. The number of furan rings is 1. The minimum absolute atomic E-state index is 0.303. The van der Waals surface area contributed by atoms with E-state index in [9.17, 15) is 0 Å². The molecule has 4 saturated carbocycles. The highest BCUT2D eigenvalue weighted by Crippen LogP contribution is 2.42. The molecule has 0 amide bonds. The molecule has 23 heteroatoms. The van der Waals surface area contributed by atoms with Crippen molar-refractivity contribution >= 4 is 0 Å². The molecule has 12 N–H and O–H groups in total. The molecule has 0 bridgehead atoms. The highest BCUT2D eigenvalue weighted by molar-refractivity contribution is 5.28. The summed E-state index contributed by atoms with van der Waals surface area (Å²) in [6, 6.07) is 15.4. The number of tetrazole rings is 1. The minimum atomic E-state index is 0.303. The molecule has 4 fully saturated rings. The predicted octanol–water partition coefficient (Wildman–Crippen LogP) is 29.8. The van der Waals surface area contributed by atoms with Crippen molar-refractivity contribution in [3.63, 3.8) is 0 Å². The number of H-pyrrole nitrogens is 12. The molecule has 0 radical (unpaired) electrons. The Hall–Kier alpha value is -10.7. The molecule has 18 rings (SSSR count). The standard InChI is InChI=1S/C10H14N4O.2C10H15N.2C9H14N2.4C8H13N.4C7H12N2/c1-7(2)10-11-13-14(12-10)5-9-4-8(3)6-15-9;1-7(2)10-5-9(6-11-10)8-3-4-8;1-7(2)9-5-10(11-6-9)8-3-4-8;1-6(2)9-10-5-8(11-9)7-3-4-7;1-6(2)8-5-10-9(11-8)7-3-4-7;2*1-6(2)8-4-7(3)9-5-8;2*1-6(2)8-4-7(3)5-9-8;2*1-5(2)7-4-8-6(3)9-7;2*1-5(2)7-8-4-6(3)9-7/h4,6-7H,5H2,1-3H3;2*5-8,11H,3-4H2,1-2H3;2*5-7H,3-4H2,1-2H3,(H,10,11);4*4-6,9H,1-3H3;4*4-5H,1-3H3,(H,8,9). The Labute approximate surface area is 787 Å². The zero-order valence-electron chi connectivity index (χ0n) is 87.1. The summed E-state index contributed by atoms with van der Waals surface area (Å²) in [6.07, 6.45) is 36.6. The lowest BCUT2D eigenvalue weighted by Crippen LogP contribution is -2.03. The Kier molecular flexibility index (Phi) is 45.2. The molecular formula is C108H172N22O. The maximum absolute atomic E-state index is 5.31. The van der Waals surface area contributed by atoms with Crippen molar-refractivity contribution in [3.8, 4) is 0 Å². The second-order valence-corrected chi connectivity index (χ2v) is 40.3. The summed E-state index contributed by atoms with van der Waals surface area (Å²) in [5.74, 6) is 18.8. The first-order chi connectivity index (χ1) is 61.8. The summed E-state index contributed by atoms with van der Waals surface area (Å²) in [5.41, 5.74) is 24.8. The smallest absolute Gasteiger partial charge is 0.177 e. The summed E-state index contributed by atoms with van der Waals surface area (Å²) in [5, 5.41) is 12.2. The van der Waals surface area contributed by atoms with E-state index in [1.165, 1.54) is 148 Å². The number of hydrogen-bond acceptors (Lipinski definition) is 10. The van der Waals surface area contributed by atoms with Gasteiger partial charge in [0.05, 0.1) is 6.26 Å². The minimum Gasteiger partial charge on any atom is -0.467 e. The van der Waals surface area contributed by atoms with Crippen LogP contribution in [0.15, 0.2) is 128 Å². The Morgan fingerprint density at radius 1 is 0.305 bits per heavy atom. The maximum atomic E-state index is 5.31. The van der Waals surface area contributed by atoms with E-state index in [1.54, 1.807) is 11.1 Å². The third kappa shape index (κ3) is 41.3. The molecule has 131 heavy (non-hydrogen) atoms. The molecule has 0 unspecified atom stereocenters. The highest BCUT2D eigenvalue weighted by Gasteiger charge is 2.28. The van der Waals surface area contributed by atoms with E-state index in [1.807, 2.05) is 104 Å². The van der Waals surface area contributed by atoms with Crippen molar-refractivity contribution in [1.82, 2.24) is 110 Å². The quantitative estimate of drug-likeness (QED) is 0.0363. The Bertz CT molecular complexity index is 4520. The average Bonchev–Trinajstić information content (AvgIpc) is 1.70. The SMILES string of the molecule is CC(C)c1c[nH]c(C2CC2)c1.CC(C)c1cc(C2CC2)c[nH]1.CC(C)c1cnc(C2CC2)[nH]1.CC(C)c1ncc(C2CC2)[nH]1.Cc1c[nH]c(C(C)C)c1.Cc1c[nH]c(C(C)C)c1.Cc1cc(C(C)C)c[nH]1.Cc1cc(C(C)C)c[nH]1.Cc1cnc(C(C)C)[nH]1.Cc1cnc(C(C)C)[nH]1.Cc1coc(Cn2nnc(C(C)C)n2)c1.Cc1ncc(C(C)C)[nH]1.Cc1ncc(C(C)C)[nH]1. The number of aromatic amines is 12. The fourth-order valence-electron chi connectivity index (χ4n) is 12.9. The van der Waals surface area contributed by atoms with Crippen molar-refractivity contribution in [3.05, 3.63) is 277 Å². The highest BCUT2D eigenvalue weighted by atomic mass is 16.3. The van der Waals surface area contributed by atoms with Gasteiger partial charge in [0.1, 0.15) is 47.3 Å². The molecule has 0 spiro atoms. The molecule has 0 saturated heterocycles. The molecule has 14 aromatic rings. The second kappa shape index (κ2) is 54.3. The Balaban J connectivity index is 0.000000219.